The minimum Gasteiger partial charge on any atom is -0.379 e. The number of hydrogen-bond donors (Lipinski definition) is 21. The molecule has 0 aliphatic carbocycles. The van der Waals surface area contributed by atoms with E-state index in [1.807, 2.05) is 55.4 Å². The van der Waals surface area contributed by atoms with Crippen LogP contribution < -0.4 is 81.8 Å². The third kappa shape index (κ3) is 35.8. The zero-order chi connectivity index (χ0) is 68.6. The third-order valence-corrected chi connectivity index (χ3v) is 16.9. The first-order valence-electron chi connectivity index (χ1n) is 34.4. The predicted octanol–water partition coefficient (Wildman–Crippen LogP) is 0.663. The SMILES string of the molecule is CCCCCCCCCCCCN[C@@H](O)C[C@H](N[C@H](O)[C@@H](N[C@@H](O)[C@H](N[C@H](O)[C@@H](N[C@@H](O)[C@@H](N[C@H](O)[C@@H](NC(=O)[C@@H](NC(=O)[C@H](CCCCN)NC(=O)[C@H](CCCCN)NC(=O)[C@H](N)CCCCN)C(C)C)C(C)C)C(C)C)C(C)C)C(C)C)C(C)C)C(N)=O. The highest BCUT2D eigenvalue weighted by atomic mass is 16.3. The second-order valence-corrected chi connectivity index (χ2v) is 27.1. The highest BCUT2D eigenvalue weighted by molar-refractivity contribution is 5.95. The zero-order valence-corrected chi connectivity index (χ0v) is 57.8. The molecular weight excluding hydrogens is 1150 g/mol. The molecule has 16 atom stereocenters. The molecular formula is C64H135N15O11. The van der Waals surface area contributed by atoms with Crippen molar-refractivity contribution < 1.29 is 54.6 Å². The van der Waals surface area contributed by atoms with Gasteiger partial charge >= 0.3 is 0 Å². The van der Waals surface area contributed by atoms with Crippen molar-refractivity contribution in [3.8, 4) is 0 Å². The molecule has 0 heterocycles. The van der Waals surface area contributed by atoms with Gasteiger partial charge in [-0.1, -0.05) is 154 Å². The van der Waals surface area contributed by atoms with Gasteiger partial charge in [0, 0.05) is 6.42 Å². The van der Waals surface area contributed by atoms with Crippen molar-refractivity contribution in [1.82, 2.24) is 53.2 Å². The average Bonchev–Trinajstić information content (AvgIpc) is 2.20. The van der Waals surface area contributed by atoms with E-state index in [2.05, 4.69) is 60.1 Å². The Kier molecular flexibility index (Phi) is 47.5. The third-order valence-electron chi connectivity index (χ3n) is 16.9. The lowest BCUT2D eigenvalue weighted by molar-refractivity contribution is -0.135. The maximum absolute atomic E-state index is 14.3. The van der Waals surface area contributed by atoms with Crippen LogP contribution in [0.1, 0.15) is 218 Å². The topological polar surface area (TPSA) is 457 Å². The molecule has 26 nitrogen and oxygen atoms in total. The fourth-order valence-corrected chi connectivity index (χ4v) is 10.9. The van der Waals surface area contributed by atoms with Crippen molar-refractivity contribution in [2.75, 3.05) is 26.2 Å². The minimum atomic E-state index is -1.45. The van der Waals surface area contributed by atoms with Crippen LogP contribution in [0.3, 0.4) is 0 Å². The quantitative estimate of drug-likeness (QED) is 0.0294. The first kappa shape index (κ1) is 86.7. The smallest absolute Gasteiger partial charge is 0.243 e. The van der Waals surface area contributed by atoms with Gasteiger partial charge in [0.25, 0.3) is 0 Å². The van der Waals surface area contributed by atoms with Crippen LogP contribution in [0.25, 0.3) is 0 Å². The summed E-state index contributed by atoms with van der Waals surface area (Å²) in [5, 5.41) is 99.6. The van der Waals surface area contributed by atoms with Crippen LogP contribution in [0.15, 0.2) is 0 Å². The first-order valence-corrected chi connectivity index (χ1v) is 34.4. The van der Waals surface area contributed by atoms with E-state index in [0.29, 0.717) is 71.1 Å². The van der Waals surface area contributed by atoms with Crippen molar-refractivity contribution in [3.05, 3.63) is 0 Å². The van der Waals surface area contributed by atoms with Crippen LogP contribution in [0.5, 0.6) is 0 Å². The van der Waals surface area contributed by atoms with Gasteiger partial charge < -0.3 is 80.6 Å². The van der Waals surface area contributed by atoms with Gasteiger partial charge in [0.1, 0.15) is 55.5 Å². The monoisotopic (exact) mass is 1290 g/mol. The fraction of sp³-hybridized carbons (Fsp3) is 0.922. The normalized spacial score (nSPS) is 17.7. The van der Waals surface area contributed by atoms with Crippen LogP contribution >= 0.6 is 0 Å². The van der Waals surface area contributed by atoms with Crippen LogP contribution in [0.2, 0.25) is 0 Å². The molecule has 26 N–H and O–H groups in total. The van der Waals surface area contributed by atoms with E-state index in [4.69, 9.17) is 28.7 Å². The van der Waals surface area contributed by atoms with Crippen molar-refractivity contribution in [1.29, 1.82) is 0 Å². The average molecular weight is 1290 g/mol. The van der Waals surface area contributed by atoms with Crippen molar-refractivity contribution >= 4 is 29.5 Å². The molecule has 0 aliphatic heterocycles. The number of nitrogens with two attached hydrogens (primary N) is 5. The predicted molar refractivity (Wildman–Crippen MR) is 358 cm³/mol. The Hall–Kier alpha value is -3.29. The van der Waals surface area contributed by atoms with E-state index < -0.39 is 133 Å². The van der Waals surface area contributed by atoms with Gasteiger partial charge in [-0.15, -0.1) is 0 Å². The molecule has 0 bridgehead atoms. The molecule has 0 unspecified atom stereocenters. The molecule has 0 aromatic heterocycles. The number of hydrogen-bond acceptors (Lipinski definition) is 21. The molecule has 0 fully saturated rings. The molecule has 0 saturated heterocycles. The second kappa shape index (κ2) is 49.3. The molecule has 90 heavy (non-hydrogen) atoms. The fourth-order valence-electron chi connectivity index (χ4n) is 10.9. The summed E-state index contributed by atoms with van der Waals surface area (Å²) in [6.45, 7) is 25.7. The highest BCUT2D eigenvalue weighted by Gasteiger charge is 2.39. The molecule has 0 rings (SSSR count). The summed E-state index contributed by atoms with van der Waals surface area (Å²) in [4.78, 5) is 68.2. The Labute approximate surface area is 542 Å². The summed E-state index contributed by atoms with van der Waals surface area (Å²) in [6.07, 6.45) is 7.91. The number of rotatable bonds is 56. The maximum atomic E-state index is 14.3. The van der Waals surface area contributed by atoms with Crippen LogP contribution in [0.4, 0.5) is 0 Å². The van der Waals surface area contributed by atoms with E-state index in [0.717, 1.165) is 19.3 Å². The van der Waals surface area contributed by atoms with Crippen molar-refractivity contribution in [2.24, 2.45) is 64.2 Å². The summed E-state index contributed by atoms with van der Waals surface area (Å²) in [5.41, 5.74) is 29.1. The summed E-state index contributed by atoms with van der Waals surface area (Å²) >= 11 is 0. The number of nitrogens with one attached hydrogen (secondary N) is 10. The molecule has 26 heteroatoms. The summed E-state index contributed by atoms with van der Waals surface area (Å²) in [5.74, 6) is -5.23. The number of aliphatic hydroxyl groups is 6. The van der Waals surface area contributed by atoms with Gasteiger partial charge in [-0.05, 0) is 119 Å². The minimum absolute atomic E-state index is 0.102. The Morgan fingerprint density at radius 3 is 1.08 bits per heavy atom. The molecule has 0 saturated carbocycles. The van der Waals surface area contributed by atoms with Gasteiger partial charge in [-0.2, -0.15) is 0 Å². The van der Waals surface area contributed by atoms with Crippen LogP contribution in [-0.4, -0.2) is 184 Å². The summed E-state index contributed by atoms with van der Waals surface area (Å²) in [6, 6.07) is -9.60. The Morgan fingerprint density at radius 1 is 0.367 bits per heavy atom. The van der Waals surface area contributed by atoms with Crippen molar-refractivity contribution in [2.45, 2.75) is 316 Å². The van der Waals surface area contributed by atoms with E-state index in [9.17, 15) is 54.6 Å². The van der Waals surface area contributed by atoms with Gasteiger partial charge in [-0.3, -0.25) is 55.9 Å². The van der Waals surface area contributed by atoms with Gasteiger partial charge in [-0.25, -0.2) is 0 Å². The number of carbonyl (C=O) groups excluding carboxylic acids is 5. The molecule has 532 valence electrons. The lowest BCUT2D eigenvalue weighted by atomic mass is 9.95. The van der Waals surface area contributed by atoms with Crippen molar-refractivity contribution in [3.63, 3.8) is 0 Å². The number of carbonyl (C=O) groups is 5. The number of amides is 5. The largest absolute Gasteiger partial charge is 0.379 e. The number of aliphatic hydroxyl groups excluding tert-OH is 6. The molecule has 0 radical (unpaired) electrons. The van der Waals surface area contributed by atoms with Crippen LogP contribution in [-0.2, 0) is 24.0 Å². The lowest BCUT2D eigenvalue weighted by Crippen LogP contribution is -2.66. The lowest BCUT2D eigenvalue weighted by Gasteiger charge is -2.40. The Bertz CT molecular complexity index is 1900. The Morgan fingerprint density at radius 2 is 0.711 bits per heavy atom. The number of primary amides is 1. The molecule has 0 aromatic carbocycles. The summed E-state index contributed by atoms with van der Waals surface area (Å²) in [7, 11) is 0. The van der Waals surface area contributed by atoms with E-state index in [1.54, 1.807) is 27.7 Å². The standard InChI is InChI=1S/C64H135N15O11/c1-14-15-16-17-18-19-20-21-22-29-36-70-48(80)37-47(55(69)81)73-59(85)49(38(2)3)75-61(87)51(40(6)7)77-63(89)53(42(10)11)79-64(90)54(43(12)13)78-62(88)52(41(8)9)76-60(86)50(39(4)5)74-58(84)46(32-25-28-35-67)72-57(83)45(31-24-27-34-66)71-56(82)44(68)30-23-26-33-65/h38-54,59,61-64,70,73,75,77-80,85,87-90H,14-37,65-68H2,1-13H3,(H2,69,81)(H,71,82)(H,72,83)(H,74,84)(H,76,86)/t44-,45+,46+,47+,48+,49+,50+,51-,52+,53+,54+,59-,61+,62-,63-,64+/m1/s1. The molecule has 0 aromatic rings. The van der Waals surface area contributed by atoms with Gasteiger partial charge in [0.15, 0.2) is 0 Å². The number of unbranched alkanes of at least 4 members (excludes halogenated alkanes) is 12. The highest BCUT2D eigenvalue weighted by Crippen LogP contribution is 2.19. The van der Waals surface area contributed by atoms with Gasteiger partial charge in [0.2, 0.25) is 29.5 Å². The Balaban J connectivity index is 6.22. The maximum Gasteiger partial charge on any atom is 0.243 e. The molecule has 0 spiro atoms. The van der Waals surface area contributed by atoms with Crippen LogP contribution in [0, 0.1) is 35.5 Å². The summed E-state index contributed by atoms with van der Waals surface area (Å²) < 4.78 is 0. The molecule has 0 aliphatic rings. The zero-order valence-electron chi connectivity index (χ0n) is 57.8. The first-order chi connectivity index (χ1) is 42.4. The van der Waals surface area contributed by atoms with E-state index in [-0.39, 0.29) is 48.9 Å². The van der Waals surface area contributed by atoms with E-state index in [1.165, 1.54) is 44.9 Å². The van der Waals surface area contributed by atoms with E-state index >= 15 is 0 Å². The second-order valence-electron chi connectivity index (χ2n) is 27.1. The molecule has 5 amide bonds. The van der Waals surface area contributed by atoms with Gasteiger partial charge in [0.05, 0.1) is 42.3 Å².